The standard InChI is InChI=1S/C32H48ClNO4S/c1-19(4-11-29(38)34-14-15-39-23-7-5-21(33)6-8-23)24-9-10-25-30-26(18-28(37)32(24,25)3)31(2)13-12-22(35)16-20(31)17-27(30)36/h5-8,19-20,22,24-28,30,35-37H,4,9-18H2,1-3H3,(H,34,38). The highest BCUT2D eigenvalue weighted by atomic mass is 35.5. The largest absolute Gasteiger partial charge is 0.393 e. The molecule has 39 heavy (non-hydrogen) atoms. The van der Waals surface area contributed by atoms with Crippen molar-refractivity contribution >= 4 is 29.3 Å². The summed E-state index contributed by atoms with van der Waals surface area (Å²) in [6.07, 6.45) is 6.64. The maximum atomic E-state index is 12.6. The molecule has 1 aromatic rings. The highest BCUT2D eigenvalue weighted by molar-refractivity contribution is 7.99. The summed E-state index contributed by atoms with van der Waals surface area (Å²) in [4.78, 5) is 13.8. The number of hydrogen-bond acceptors (Lipinski definition) is 5. The van der Waals surface area contributed by atoms with Gasteiger partial charge in [0.2, 0.25) is 5.91 Å². The van der Waals surface area contributed by atoms with Crippen LogP contribution in [0.3, 0.4) is 0 Å². The number of carbonyl (C=O) groups excluding carboxylic acids is 1. The number of benzene rings is 1. The van der Waals surface area contributed by atoms with Crippen LogP contribution in [0.15, 0.2) is 29.2 Å². The van der Waals surface area contributed by atoms with E-state index in [2.05, 4.69) is 26.1 Å². The molecule has 0 saturated heterocycles. The van der Waals surface area contributed by atoms with Gasteiger partial charge in [0.25, 0.3) is 0 Å². The van der Waals surface area contributed by atoms with Gasteiger partial charge in [0, 0.05) is 28.6 Å². The van der Waals surface area contributed by atoms with Crippen molar-refractivity contribution in [2.45, 2.75) is 102 Å². The lowest BCUT2D eigenvalue weighted by molar-refractivity contribution is -0.207. The van der Waals surface area contributed by atoms with Gasteiger partial charge < -0.3 is 20.6 Å². The Hall–Kier alpha value is -0.790. The summed E-state index contributed by atoms with van der Waals surface area (Å²) in [5, 5.41) is 37.3. The first-order valence-corrected chi connectivity index (χ1v) is 16.6. The highest BCUT2D eigenvalue weighted by Crippen LogP contribution is 2.68. The summed E-state index contributed by atoms with van der Waals surface area (Å²) in [5.74, 6) is 2.83. The minimum absolute atomic E-state index is 0.0963. The molecule has 0 spiro atoms. The van der Waals surface area contributed by atoms with Crippen LogP contribution in [0, 0.1) is 46.3 Å². The fourth-order valence-electron chi connectivity index (χ4n) is 9.67. The van der Waals surface area contributed by atoms with Crippen molar-refractivity contribution in [3.05, 3.63) is 29.3 Å². The molecular weight excluding hydrogens is 530 g/mol. The third-order valence-electron chi connectivity index (χ3n) is 11.9. The van der Waals surface area contributed by atoms with Crippen molar-refractivity contribution in [1.29, 1.82) is 0 Å². The monoisotopic (exact) mass is 577 g/mol. The average molecular weight is 578 g/mol. The Kier molecular flexibility index (Phi) is 9.01. The first-order valence-electron chi connectivity index (χ1n) is 15.2. The number of aliphatic hydroxyl groups excluding tert-OH is 3. The normalized spacial score (nSPS) is 42.2. The predicted octanol–water partition coefficient (Wildman–Crippen LogP) is 5.93. The van der Waals surface area contributed by atoms with E-state index in [9.17, 15) is 20.1 Å². The van der Waals surface area contributed by atoms with E-state index in [-0.39, 0.29) is 41.0 Å². The van der Waals surface area contributed by atoms with Crippen LogP contribution >= 0.6 is 23.4 Å². The van der Waals surface area contributed by atoms with Crippen LogP contribution in [0.1, 0.15) is 78.6 Å². The Labute approximate surface area is 243 Å². The Bertz CT molecular complexity index is 1010. The minimum atomic E-state index is -0.382. The summed E-state index contributed by atoms with van der Waals surface area (Å²) in [5.41, 5.74) is -0.121. The molecule has 5 nitrogen and oxygen atoms in total. The zero-order valence-electron chi connectivity index (χ0n) is 23.8. The van der Waals surface area contributed by atoms with Crippen LogP contribution in [0.25, 0.3) is 0 Å². The van der Waals surface area contributed by atoms with Crippen LogP contribution < -0.4 is 5.32 Å². The molecule has 218 valence electrons. The summed E-state index contributed by atoms with van der Waals surface area (Å²) >= 11 is 7.66. The smallest absolute Gasteiger partial charge is 0.220 e. The molecule has 0 radical (unpaired) electrons. The van der Waals surface area contributed by atoms with Crippen LogP contribution in [-0.4, -0.2) is 51.8 Å². The molecule has 4 fully saturated rings. The van der Waals surface area contributed by atoms with E-state index >= 15 is 0 Å². The molecule has 1 amide bonds. The van der Waals surface area contributed by atoms with Gasteiger partial charge in [-0.25, -0.2) is 0 Å². The molecule has 7 heteroatoms. The molecule has 4 N–H and O–H groups in total. The Morgan fingerprint density at radius 2 is 1.82 bits per heavy atom. The molecule has 11 atom stereocenters. The van der Waals surface area contributed by atoms with Crippen LogP contribution in [0.2, 0.25) is 5.02 Å². The molecule has 0 aromatic heterocycles. The molecule has 11 unspecified atom stereocenters. The molecule has 1 aromatic carbocycles. The second-order valence-corrected chi connectivity index (χ2v) is 15.3. The number of amides is 1. The first kappa shape index (κ1) is 29.7. The fraction of sp³-hybridized carbons (Fsp3) is 0.781. The fourth-order valence-corrected chi connectivity index (χ4v) is 10.6. The predicted molar refractivity (Wildman–Crippen MR) is 158 cm³/mol. The number of carbonyl (C=O) groups is 1. The average Bonchev–Trinajstić information content (AvgIpc) is 3.26. The van der Waals surface area contributed by atoms with Crippen molar-refractivity contribution in [2.24, 2.45) is 46.3 Å². The van der Waals surface area contributed by atoms with Crippen LogP contribution in [0.5, 0.6) is 0 Å². The van der Waals surface area contributed by atoms with Gasteiger partial charge in [0.05, 0.1) is 18.3 Å². The molecule has 0 aliphatic heterocycles. The molecule has 4 aliphatic rings. The summed E-state index contributed by atoms with van der Waals surface area (Å²) in [6.45, 7) is 7.56. The van der Waals surface area contributed by atoms with E-state index < -0.39 is 0 Å². The second kappa shape index (κ2) is 11.8. The van der Waals surface area contributed by atoms with Gasteiger partial charge in [-0.15, -0.1) is 11.8 Å². The third-order valence-corrected chi connectivity index (χ3v) is 13.1. The highest BCUT2D eigenvalue weighted by Gasteiger charge is 2.65. The quantitative estimate of drug-likeness (QED) is 0.227. The Morgan fingerprint density at radius 1 is 1.08 bits per heavy atom. The van der Waals surface area contributed by atoms with E-state index in [0.717, 1.165) is 67.0 Å². The molecular formula is C32H48ClNO4S. The zero-order chi connectivity index (χ0) is 27.9. The van der Waals surface area contributed by atoms with Crippen molar-refractivity contribution in [3.63, 3.8) is 0 Å². The second-order valence-electron chi connectivity index (χ2n) is 13.7. The Morgan fingerprint density at radius 3 is 2.56 bits per heavy atom. The van der Waals surface area contributed by atoms with Gasteiger partial charge in [-0.05, 0) is 122 Å². The number of fused-ring (bicyclic) bond motifs is 5. The van der Waals surface area contributed by atoms with Crippen LogP contribution in [-0.2, 0) is 4.79 Å². The number of rotatable bonds is 8. The number of halogens is 1. The van der Waals surface area contributed by atoms with Gasteiger partial charge in [-0.2, -0.15) is 0 Å². The molecule has 4 saturated carbocycles. The van der Waals surface area contributed by atoms with Crippen molar-refractivity contribution in [2.75, 3.05) is 12.3 Å². The molecule has 5 rings (SSSR count). The van der Waals surface area contributed by atoms with Crippen molar-refractivity contribution < 1.29 is 20.1 Å². The summed E-state index contributed by atoms with van der Waals surface area (Å²) in [6, 6.07) is 7.76. The van der Waals surface area contributed by atoms with Gasteiger partial charge in [0.1, 0.15) is 0 Å². The minimum Gasteiger partial charge on any atom is -0.393 e. The van der Waals surface area contributed by atoms with E-state index in [1.807, 2.05) is 24.3 Å². The SMILES string of the molecule is CC(CCC(=O)NCCSc1ccc(Cl)cc1)C1CCC2C3C(O)CC4CC(O)CCC4(C)C3CC(O)C12C. The van der Waals surface area contributed by atoms with Crippen molar-refractivity contribution in [1.82, 2.24) is 5.32 Å². The van der Waals surface area contributed by atoms with Gasteiger partial charge in [-0.3, -0.25) is 4.79 Å². The van der Waals surface area contributed by atoms with Gasteiger partial charge in [0.15, 0.2) is 0 Å². The van der Waals surface area contributed by atoms with E-state index in [4.69, 9.17) is 11.6 Å². The Balaban J connectivity index is 1.16. The number of thioether (sulfide) groups is 1. The number of nitrogens with one attached hydrogen (secondary N) is 1. The van der Waals surface area contributed by atoms with Crippen molar-refractivity contribution in [3.8, 4) is 0 Å². The topological polar surface area (TPSA) is 89.8 Å². The lowest BCUT2D eigenvalue weighted by atomic mass is 9.43. The van der Waals surface area contributed by atoms with Gasteiger partial charge in [-0.1, -0.05) is 32.4 Å². The van der Waals surface area contributed by atoms with E-state index in [1.54, 1.807) is 11.8 Å². The zero-order valence-corrected chi connectivity index (χ0v) is 25.4. The first-order chi connectivity index (χ1) is 18.5. The van der Waals surface area contributed by atoms with E-state index in [1.165, 1.54) is 0 Å². The van der Waals surface area contributed by atoms with E-state index in [0.29, 0.717) is 42.6 Å². The lowest BCUT2D eigenvalue weighted by Crippen LogP contribution is -2.62. The third kappa shape index (κ3) is 5.67. The summed E-state index contributed by atoms with van der Waals surface area (Å²) in [7, 11) is 0. The maximum Gasteiger partial charge on any atom is 0.220 e. The van der Waals surface area contributed by atoms with Gasteiger partial charge >= 0.3 is 0 Å². The molecule has 0 heterocycles. The number of hydrogen-bond donors (Lipinski definition) is 4. The maximum absolute atomic E-state index is 12.6. The number of aliphatic hydroxyl groups is 3. The lowest BCUT2D eigenvalue weighted by Gasteiger charge is -2.63. The van der Waals surface area contributed by atoms with Crippen LogP contribution in [0.4, 0.5) is 0 Å². The molecule has 0 bridgehead atoms. The summed E-state index contributed by atoms with van der Waals surface area (Å²) < 4.78 is 0. The molecule has 4 aliphatic carbocycles.